The Morgan fingerprint density at radius 2 is 0.826 bits per heavy atom. The van der Waals surface area contributed by atoms with Gasteiger partial charge in [-0.3, -0.25) is 9.97 Å². The number of rotatable bonds is 7. The van der Waals surface area contributed by atoms with Crippen LogP contribution in [0, 0.1) is 20.8 Å². The van der Waals surface area contributed by atoms with Gasteiger partial charge in [0.2, 0.25) is 0 Å². The molecule has 7 aromatic rings. The van der Waals surface area contributed by atoms with Gasteiger partial charge < -0.3 is 4.90 Å². The number of pyridine rings is 2. The molecule has 0 spiro atoms. The molecule has 0 saturated carbocycles. The molecule has 0 fully saturated rings. The highest BCUT2D eigenvalue weighted by atomic mass is 15.1. The molecule has 0 unspecified atom stereocenters. The molecule has 222 valence electrons. The van der Waals surface area contributed by atoms with Gasteiger partial charge in [-0.25, -0.2) is 0 Å². The summed E-state index contributed by atoms with van der Waals surface area (Å²) >= 11 is 0. The molecule has 0 aliphatic heterocycles. The first kappa shape index (κ1) is 28.9. The van der Waals surface area contributed by atoms with Gasteiger partial charge in [0.15, 0.2) is 0 Å². The molecular formula is C43H35N3. The molecule has 46 heavy (non-hydrogen) atoms. The van der Waals surface area contributed by atoms with Crippen molar-refractivity contribution < 1.29 is 0 Å². The number of aromatic nitrogens is 2. The number of anilines is 3. The summed E-state index contributed by atoms with van der Waals surface area (Å²) in [6.07, 6.45) is 3.80. The predicted octanol–water partition coefficient (Wildman–Crippen LogP) is 11.5. The SMILES string of the molecule is Cc1cc(C)c(N(c2cccc(-c3cc(-c4ccccc4)ccn3)c2)c2cccc(-c3cc(-c4ccccc4)ccn3)c2)c(C)c1. The van der Waals surface area contributed by atoms with Gasteiger partial charge >= 0.3 is 0 Å². The van der Waals surface area contributed by atoms with E-state index in [0.29, 0.717) is 0 Å². The summed E-state index contributed by atoms with van der Waals surface area (Å²) in [6, 6.07) is 51.3. The fraction of sp³-hybridized carbons (Fsp3) is 0.0698. The van der Waals surface area contributed by atoms with Crippen LogP contribution in [0.2, 0.25) is 0 Å². The summed E-state index contributed by atoms with van der Waals surface area (Å²) in [4.78, 5) is 12.0. The number of hydrogen-bond acceptors (Lipinski definition) is 3. The van der Waals surface area contributed by atoms with Crippen LogP contribution < -0.4 is 4.90 Å². The van der Waals surface area contributed by atoms with E-state index in [1.807, 2.05) is 24.5 Å². The van der Waals surface area contributed by atoms with E-state index < -0.39 is 0 Å². The second kappa shape index (κ2) is 12.7. The first-order valence-electron chi connectivity index (χ1n) is 15.7. The largest absolute Gasteiger partial charge is 0.310 e. The van der Waals surface area contributed by atoms with E-state index in [1.165, 1.54) is 33.5 Å². The highest BCUT2D eigenvalue weighted by Crippen LogP contribution is 2.41. The third-order valence-electron chi connectivity index (χ3n) is 8.39. The first-order valence-corrected chi connectivity index (χ1v) is 15.7. The molecule has 0 N–H and O–H groups in total. The average Bonchev–Trinajstić information content (AvgIpc) is 3.11. The summed E-state index contributed by atoms with van der Waals surface area (Å²) in [6.45, 7) is 6.56. The van der Waals surface area contributed by atoms with Crippen molar-refractivity contribution in [3.63, 3.8) is 0 Å². The maximum atomic E-state index is 4.79. The summed E-state index contributed by atoms with van der Waals surface area (Å²) < 4.78 is 0. The minimum absolute atomic E-state index is 0.941. The summed E-state index contributed by atoms with van der Waals surface area (Å²) in [7, 11) is 0. The van der Waals surface area contributed by atoms with Crippen molar-refractivity contribution in [2.45, 2.75) is 20.8 Å². The lowest BCUT2D eigenvalue weighted by molar-refractivity contribution is 1.20. The van der Waals surface area contributed by atoms with Crippen molar-refractivity contribution >= 4 is 17.1 Å². The van der Waals surface area contributed by atoms with E-state index in [0.717, 1.165) is 45.0 Å². The number of hydrogen-bond donors (Lipinski definition) is 0. The lowest BCUT2D eigenvalue weighted by Gasteiger charge is -2.29. The van der Waals surface area contributed by atoms with Crippen LogP contribution in [0.3, 0.4) is 0 Å². The molecule has 0 atom stereocenters. The van der Waals surface area contributed by atoms with Crippen LogP contribution in [-0.2, 0) is 0 Å². The topological polar surface area (TPSA) is 29.0 Å². The molecule has 0 aliphatic rings. The van der Waals surface area contributed by atoms with E-state index in [9.17, 15) is 0 Å². The smallest absolute Gasteiger partial charge is 0.0708 e. The summed E-state index contributed by atoms with van der Waals surface area (Å²) in [5, 5.41) is 0. The maximum absolute atomic E-state index is 4.79. The molecular weight excluding hydrogens is 558 g/mol. The zero-order valence-corrected chi connectivity index (χ0v) is 26.4. The Morgan fingerprint density at radius 1 is 0.391 bits per heavy atom. The van der Waals surface area contributed by atoms with Crippen LogP contribution in [0.1, 0.15) is 16.7 Å². The van der Waals surface area contributed by atoms with Gasteiger partial charge in [-0.2, -0.15) is 0 Å². The standard InChI is InChI=1S/C43H35N3/c1-30-24-31(2)43(32(3)25-30)46(39-18-10-16-37(26-39)41-28-35(20-22-44-41)33-12-6-4-7-13-33)40-19-11-17-38(27-40)42-29-36(21-23-45-42)34-14-8-5-9-15-34/h4-29H,1-3H3. The van der Waals surface area contributed by atoms with Crippen LogP contribution in [0.5, 0.6) is 0 Å². The molecule has 7 rings (SSSR count). The number of benzene rings is 5. The van der Waals surface area contributed by atoms with Gasteiger partial charge in [0.05, 0.1) is 17.1 Å². The van der Waals surface area contributed by atoms with Gasteiger partial charge in [-0.15, -0.1) is 0 Å². The van der Waals surface area contributed by atoms with Crippen molar-refractivity contribution in [2.24, 2.45) is 0 Å². The zero-order chi connectivity index (χ0) is 31.5. The first-order chi connectivity index (χ1) is 22.5. The van der Waals surface area contributed by atoms with Gasteiger partial charge in [-0.05, 0) is 103 Å². The maximum Gasteiger partial charge on any atom is 0.0708 e. The van der Waals surface area contributed by atoms with Crippen molar-refractivity contribution in [1.82, 2.24) is 9.97 Å². The minimum atomic E-state index is 0.941. The van der Waals surface area contributed by atoms with Crippen LogP contribution >= 0.6 is 0 Å². The molecule has 2 aromatic heterocycles. The van der Waals surface area contributed by atoms with Crippen LogP contribution in [0.25, 0.3) is 44.8 Å². The fourth-order valence-corrected chi connectivity index (χ4v) is 6.34. The van der Waals surface area contributed by atoms with E-state index >= 15 is 0 Å². The summed E-state index contributed by atoms with van der Waals surface area (Å²) in [5.41, 5.74) is 15.7. The molecule has 5 aromatic carbocycles. The highest BCUT2D eigenvalue weighted by Gasteiger charge is 2.19. The molecule has 2 heterocycles. The number of nitrogens with zero attached hydrogens (tertiary/aromatic N) is 3. The second-order valence-corrected chi connectivity index (χ2v) is 11.8. The van der Waals surface area contributed by atoms with E-state index in [2.05, 4.69) is 159 Å². The van der Waals surface area contributed by atoms with E-state index in [-0.39, 0.29) is 0 Å². The third kappa shape index (κ3) is 5.96. The van der Waals surface area contributed by atoms with Crippen molar-refractivity contribution in [2.75, 3.05) is 4.90 Å². The Hall–Kier alpha value is -5.80. The second-order valence-electron chi connectivity index (χ2n) is 11.8. The quantitative estimate of drug-likeness (QED) is 0.184. The molecule has 0 amide bonds. The number of aryl methyl sites for hydroxylation is 3. The van der Waals surface area contributed by atoms with Crippen LogP contribution in [0.15, 0.2) is 158 Å². The summed E-state index contributed by atoms with van der Waals surface area (Å²) in [5.74, 6) is 0. The Labute approximate surface area is 271 Å². The van der Waals surface area contributed by atoms with Crippen molar-refractivity contribution in [1.29, 1.82) is 0 Å². The van der Waals surface area contributed by atoms with E-state index in [4.69, 9.17) is 9.97 Å². The zero-order valence-electron chi connectivity index (χ0n) is 26.4. The lowest BCUT2D eigenvalue weighted by Crippen LogP contribution is -2.13. The van der Waals surface area contributed by atoms with Gasteiger partial charge in [0.25, 0.3) is 0 Å². The van der Waals surface area contributed by atoms with Crippen LogP contribution in [-0.4, -0.2) is 9.97 Å². The Morgan fingerprint density at radius 3 is 1.28 bits per heavy atom. The average molecular weight is 594 g/mol. The van der Waals surface area contributed by atoms with Gasteiger partial charge in [0.1, 0.15) is 0 Å². The lowest BCUT2D eigenvalue weighted by atomic mass is 10.00. The van der Waals surface area contributed by atoms with Crippen molar-refractivity contribution in [3.8, 4) is 44.8 Å². The molecule has 0 saturated heterocycles. The van der Waals surface area contributed by atoms with Gasteiger partial charge in [-0.1, -0.05) is 103 Å². The van der Waals surface area contributed by atoms with Gasteiger partial charge in [0, 0.05) is 34.9 Å². The highest BCUT2D eigenvalue weighted by molar-refractivity contribution is 5.85. The molecule has 0 radical (unpaired) electrons. The molecule has 3 heteroatoms. The predicted molar refractivity (Wildman–Crippen MR) is 193 cm³/mol. The minimum Gasteiger partial charge on any atom is -0.310 e. The Balaban J connectivity index is 1.34. The Kier molecular flexibility index (Phi) is 7.97. The molecule has 0 aliphatic carbocycles. The monoisotopic (exact) mass is 593 g/mol. The Bertz CT molecular complexity index is 1980. The normalized spacial score (nSPS) is 10.9. The third-order valence-corrected chi connectivity index (χ3v) is 8.39. The van der Waals surface area contributed by atoms with Crippen LogP contribution in [0.4, 0.5) is 17.1 Å². The molecule has 3 nitrogen and oxygen atoms in total. The molecule has 0 bridgehead atoms. The van der Waals surface area contributed by atoms with Crippen molar-refractivity contribution in [3.05, 3.63) is 175 Å². The van der Waals surface area contributed by atoms with E-state index in [1.54, 1.807) is 0 Å². The fourth-order valence-electron chi connectivity index (χ4n) is 6.34.